The molecule has 2 aromatic rings. The first kappa shape index (κ1) is 20.0. The van der Waals surface area contributed by atoms with E-state index in [1.807, 2.05) is 25.1 Å². The lowest BCUT2D eigenvalue weighted by atomic mass is 9.99. The zero-order valence-electron chi connectivity index (χ0n) is 14.5. The summed E-state index contributed by atoms with van der Waals surface area (Å²) in [6.07, 6.45) is -0.413. The molecule has 6 nitrogen and oxygen atoms in total. The van der Waals surface area contributed by atoms with Crippen molar-refractivity contribution in [2.24, 2.45) is 0 Å². The molecular formula is C19H23NO5. The molecule has 2 rings (SSSR count). The van der Waals surface area contributed by atoms with Gasteiger partial charge in [-0.3, -0.25) is 10.1 Å². The lowest BCUT2D eigenvalue weighted by Crippen LogP contribution is -2.12. The van der Waals surface area contributed by atoms with Gasteiger partial charge in [0.05, 0.1) is 12.5 Å². The molecule has 0 saturated carbocycles. The Bertz CT molecular complexity index is 700. The summed E-state index contributed by atoms with van der Waals surface area (Å²) in [5, 5.41) is 20.7. The number of ether oxygens (including phenoxy) is 1. The van der Waals surface area contributed by atoms with E-state index >= 15 is 0 Å². The van der Waals surface area contributed by atoms with Crippen molar-refractivity contribution < 1.29 is 24.5 Å². The standard InChI is InChI=1S/C10H12O3.C9H11NO2/c1-6-3-4-8(9(11)5-6)7(2)10(12)13;1-2-12-9(11)10-8-6-4-3-5-7-8/h3-5,7,11H,1-2H3,(H,12,13);3-7H,2H2,1H3,(H,10,11). The third-order valence-electron chi connectivity index (χ3n) is 3.32. The number of aryl methyl sites for hydroxylation is 1. The molecule has 134 valence electrons. The predicted octanol–water partition coefficient (Wildman–Crippen LogP) is 4.14. The monoisotopic (exact) mass is 345 g/mol. The Kier molecular flexibility index (Phi) is 7.99. The fourth-order valence-corrected chi connectivity index (χ4v) is 1.96. The molecule has 0 saturated heterocycles. The molecule has 0 aliphatic rings. The van der Waals surface area contributed by atoms with Gasteiger partial charge in [0.1, 0.15) is 5.75 Å². The van der Waals surface area contributed by atoms with Crippen LogP contribution in [0.4, 0.5) is 10.5 Å². The van der Waals surface area contributed by atoms with Crippen molar-refractivity contribution in [1.29, 1.82) is 0 Å². The van der Waals surface area contributed by atoms with Crippen molar-refractivity contribution in [3.63, 3.8) is 0 Å². The number of para-hydroxylation sites is 1. The number of amides is 1. The average Bonchev–Trinajstić information content (AvgIpc) is 2.56. The highest BCUT2D eigenvalue weighted by molar-refractivity contribution is 5.84. The highest BCUT2D eigenvalue weighted by Gasteiger charge is 2.16. The summed E-state index contributed by atoms with van der Waals surface area (Å²) in [5.41, 5.74) is 2.12. The van der Waals surface area contributed by atoms with Crippen LogP contribution in [0.15, 0.2) is 48.5 Å². The summed E-state index contributed by atoms with van der Waals surface area (Å²) in [6.45, 7) is 5.55. The van der Waals surface area contributed by atoms with Crippen LogP contribution < -0.4 is 5.32 Å². The molecule has 0 spiro atoms. The Balaban J connectivity index is 0.000000251. The zero-order valence-corrected chi connectivity index (χ0v) is 14.5. The molecule has 1 unspecified atom stereocenters. The van der Waals surface area contributed by atoms with E-state index in [2.05, 4.69) is 5.32 Å². The van der Waals surface area contributed by atoms with Gasteiger partial charge in [0.2, 0.25) is 0 Å². The van der Waals surface area contributed by atoms with Gasteiger partial charge in [0, 0.05) is 11.3 Å². The van der Waals surface area contributed by atoms with E-state index in [0.29, 0.717) is 12.2 Å². The van der Waals surface area contributed by atoms with Crippen LogP contribution in [0, 0.1) is 6.92 Å². The van der Waals surface area contributed by atoms with Gasteiger partial charge in [-0.2, -0.15) is 0 Å². The molecule has 1 atom stereocenters. The second kappa shape index (κ2) is 9.97. The maximum absolute atomic E-state index is 10.9. The van der Waals surface area contributed by atoms with E-state index in [-0.39, 0.29) is 5.75 Å². The Morgan fingerprint density at radius 1 is 1.16 bits per heavy atom. The van der Waals surface area contributed by atoms with Gasteiger partial charge in [-0.25, -0.2) is 4.79 Å². The van der Waals surface area contributed by atoms with Crippen molar-refractivity contribution in [3.05, 3.63) is 59.7 Å². The lowest BCUT2D eigenvalue weighted by molar-refractivity contribution is -0.138. The molecule has 25 heavy (non-hydrogen) atoms. The summed E-state index contributed by atoms with van der Waals surface area (Å²) in [6, 6.07) is 14.2. The number of rotatable bonds is 4. The maximum Gasteiger partial charge on any atom is 0.411 e. The summed E-state index contributed by atoms with van der Waals surface area (Å²) < 4.78 is 4.70. The topological polar surface area (TPSA) is 95.9 Å². The minimum atomic E-state index is -0.931. The summed E-state index contributed by atoms with van der Waals surface area (Å²) >= 11 is 0. The van der Waals surface area contributed by atoms with Gasteiger partial charge in [-0.15, -0.1) is 0 Å². The Labute approximate surface area is 147 Å². The summed E-state index contributed by atoms with van der Waals surface area (Å²) in [4.78, 5) is 21.5. The SMILES string of the molecule is CCOC(=O)Nc1ccccc1.Cc1ccc(C(C)C(=O)O)c(O)c1. The van der Waals surface area contributed by atoms with Gasteiger partial charge < -0.3 is 14.9 Å². The van der Waals surface area contributed by atoms with Crippen molar-refractivity contribution in [2.45, 2.75) is 26.7 Å². The molecular weight excluding hydrogens is 322 g/mol. The molecule has 2 aromatic carbocycles. The van der Waals surface area contributed by atoms with E-state index in [0.717, 1.165) is 11.3 Å². The predicted molar refractivity (Wildman–Crippen MR) is 96.0 cm³/mol. The van der Waals surface area contributed by atoms with E-state index < -0.39 is 18.0 Å². The van der Waals surface area contributed by atoms with Gasteiger partial charge in [-0.05, 0) is 44.5 Å². The van der Waals surface area contributed by atoms with E-state index in [1.54, 1.807) is 44.2 Å². The minimum Gasteiger partial charge on any atom is -0.508 e. The molecule has 0 radical (unpaired) electrons. The fraction of sp³-hybridized carbons (Fsp3) is 0.263. The smallest absolute Gasteiger partial charge is 0.411 e. The third-order valence-corrected chi connectivity index (χ3v) is 3.32. The van der Waals surface area contributed by atoms with Gasteiger partial charge in [0.15, 0.2) is 0 Å². The number of carbonyl (C=O) groups is 2. The van der Waals surface area contributed by atoms with Crippen molar-refractivity contribution in [2.75, 3.05) is 11.9 Å². The van der Waals surface area contributed by atoms with Gasteiger partial charge >= 0.3 is 12.1 Å². The van der Waals surface area contributed by atoms with Crippen molar-refractivity contribution >= 4 is 17.7 Å². The molecule has 0 bridgehead atoms. The van der Waals surface area contributed by atoms with Crippen LogP contribution in [0.3, 0.4) is 0 Å². The minimum absolute atomic E-state index is 0.0508. The molecule has 1 amide bonds. The quantitative estimate of drug-likeness (QED) is 0.774. The van der Waals surface area contributed by atoms with Crippen LogP contribution in [0.2, 0.25) is 0 Å². The number of hydrogen-bond acceptors (Lipinski definition) is 4. The first-order valence-corrected chi connectivity index (χ1v) is 7.86. The number of aliphatic carboxylic acids is 1. The molecule has 0 heterocycles. The summed E-state index contributed by atoms with van der Waals surface area (Å²) in [5.74, 6) is -1.55. The van der Waals surface area contributed by atoms with Gasteiger partial charge in [-0.1, -0.05) is 30.3 Å². The molecule has 6 heteroatoms. The Hall–Kier alpha value is -3.02. The molecule has 3 N–H and O–H groups in total. The average molecular weight is 345 g/mol. The summed E-state index contributed by atoms with van der Waals surface area (Å²) in [7, 11) is 0. The second-order valence-corrected chi connectivity index (χ2v) is 5.33. The highest BCUT2D eigenvalue weighted by Crippen LogP contribution is 2.26. The number of aromatic hydroxyl groups is 1. The molecule has 0 aliphatic heterocycles. The number of nitrogens with one attached hydrogen (secondary N) is 1. The first-order chi connectivity index (χ1) is 11.8. The van der Waals surface area contributed by atoms with Crippen LogP contribution in [-0.4, -0.2) is 28.9 Å². The maximum atomic E-state index is 10.9. The number of benzene rings is 2. The van der Waals surface area contributed by atoms with E-state index in [4.69, 9.17) is 9.84 Å². The largest absolute Gasteiger partial charge is 0.508 e. The Morgan fingerprint density at radius 2 is 1.80 bits per heavy atom. The molecule has 0 fully saturated rings. The highest BCUT2D eigenvalue weighted by atomic mass is 16.5. The van der Waals surface area contributed by atoms with Crippen LogP contribution in [0.5, 0.6) is 5.75 Å². The van der Waals surface area contributed by atoms with Crippen LogP contribution >= 0.6 is 0 Å². The van der Waals surface area contributed by atoms with E-state index in [1.165, 1.54) is 0 Å². The van der Waals surface area contributed by atoms with Crippen molar-refractivity contribution in [1.82, 2.24) is 0 Å². The fourth-order valence-electron chi connectivity index (χ4n) is 1.96. The molecule has 0 aromatic heterocycles. The number of carbonyl (C=O) groups excluding carboxylic acids is 1. The van der Waals surface area contributed by atoms with Crippen LogP contribution in [0.25, 0.3) is 0 Å². The number of anilines is 1. The van der Waals surface area contributed by atoms with Crippen LogP contribution in [0.1, 0.15) is 30.9 Å². The molecule has 0 aliphatic carbocycles. The first-order valence-electron chi connectivity index (χ1n) is 7.86. The van der Waals surface area contributed by atoms with E-state index in [9.17, 15) is 14.7 Å². The second-order valence-electron chi connectivity index (χ2n) is 5.33. The lowest BCUT2D eigenvalue weighted by Gasteiger charge is -2.08. The van der Waals surface area contributed by atoms with Crippen LogP contribution in [-0.2, 0) is 9.53 Å². The number of phenols is 1. The number of hydrogen-bond donors (Lipinski definition) is 3. The Morgan fingerprint density at radius 3 is 2.32 bits per heavy atom. The van der Waals surface area contributed by atoms with Crippen molar-refractivity contribution in [3.8, 4) is 5.75 Å². The number of carboxylic acid groups (broad SMARTS) is 1. The third kappa shape index (κ3) is 6.95. The normalized spacial score (nSPS) is 10.8. The number of carboxylic acids is 1. The zero-order chi connectivity index (χ0) is 18.8. The number of phenolic OH excluding ortho intramolecular Hbond substituents is 1. The van der Waals surface area contributed by atoms with Gasteiger partial charge in [0.25, 0.3) is 0 Å².